The molecule has 0 fully saturated rings. The highest BCUT2D eigenvalue weighted by Crippen LogP contribution is 2.18. The lowest BCUT2D eigenvalue weighted by Gasteiger charge is -2.20. The maximum absolute atomic E-state index is 12.0. The first-order valence-electron chi connectivity index (χ1n) is 6.76. The summed E-state index contributed by atoms with van der Waals surface area (Å²) < 4.78 is 0.916. The third kappa shape index (κ3) is 4.66. The van der Waals surface area contributed by atoms with Crippen molar-refractivity contribution in [2.24, 2.45) is 0 Å². The Morgan fingerprint density at radius 2 is 1.91 bits per heavy atom. The summed E-state index contributed by atoms with van der Waals surface area (Å²) in [6.45, 7) is 1.75. The van der Waals surface area contributed by atoms with E-state index in [0.29, 0.717) is 12.2 Å². The molecule has 0 aliphatic heterocycles. The van der Waals surface area contributed by atoms with Gasteiger partial charge < -0.3 is 10.2 Å². The molecule has 0 bridgehead atoms. The molecule has 0 aliphatic carbocycles. The monoisotopic (exact) mass is 361 g/mol. The van der Waals surface area contributed by atoms with Crippen molar-refractivity contribution in [1.82, 2.24) is 10.3 Å². The van der Waals surface area contributed by atoms with Crippen LogP contribution in [0.25, 0.3) is 0 Å². The lowest BCUT2D eigenvalue weighted by Crippen LogP contribution is -2.39. The zero-order chi connectivity index (χ0) is 15.9. The fraction of sp³-hybridized carbons (Fsp3) is 0.188. The first-order chi connectivity index (χ1) is 10.6. The van der Waals surface area contributed by atoms with Gasteiger partial charge in [0, 0.05) is 23.3 Å². The van der Waals surface area contributed by atoms with Crippen LogP contribution in [-0.2, 0) is 16.1 Å². The molecule has 22 heavy (non-hydrogen) atoms. The van der Waals surface area contributed by atoms with Crippen LogP contribution in [0.15, 0.2) is 53.1 Å². The van der Waals surface area contributed by atoms with Crippen molar-refractivity contribution in [3.8, 4) is 0 Å². The number of nitrogens with zero attached hydrogens (tertiary/aromatic N) is 2. The molecule has 1 aromatic heterocycles. The third-order valence-corrected chi connectivity index (χ3v) is 3.54. The van der Waals surface area contributed by atoms with Gasteiger partial charge in [0.15, 0.2) is 0 Å². The van der Waals surface area contributed by atoms with E-state index in [9.17, 15) is 9.59 Å². The molecule has 2 amide bonds. The highest BCUT2D eigenvalue weighted by Gasteiger charge is 2.15. The zero-order valence-corrected chi connectivity index (χ0v) is 13.7. The van der Waals surface area contributed by atoms with E-state index in [1.807, 2.05) is 30.3 Å². The highest BCUT2D eigenvalue weighted by atomic mass is 79.9. The van der Waals surface area contributed by atoms with E-state index >= 15 is 0 Å². The molecule has 2 aromatic rings. The molecule has 0 spiro atoms. The van der Waals surface area contributed by atoms with Gasteiger partial charge in [-0.2, -0.15) is 0 Å². The lowest BCUT2D eigenvalue weighted by molar-refractivity contribution is -0.123. The first kappa shape index (κ1) is 16.2. The predicted molar refractivity (Wildman–Crippen MR) is 88.3 cm³/mol. The maximum atomic E-state index is 12.0. The first-order valence-corrected chi connectivity index (χ1v) is 7.56. The van der Waals surface area contributed by atoms with Gasteiger partial charge in [-0.15, -0.1) is 0 Å². The maximum Gasteiger partial charge on any atom is 0.240 e. The molecule has 1 N–H and O–H groups in total. The molecule has 0 unspecified atom stereocenters. The molecular weight excluding hydrogens is 346 g/mol. The Kier molecular flexibility index (Phi) is 5.66. The number of benzene rings is 1. The Balaban J connectivity index is 1.97. The Hall–Kier alpha value is -2.21. The smallest absolute Gasteiger partial charge is 0.240 e. The second-order valence-corrected chi connectivity index (χ2v) is 5.60. The number of rotatable bonds is 5. The zero-order valence-electron chi connectivity index (χ0n) is 12.1. The second kappa shape index (κ2) is 7.70. The quantitative estimate of drug-likeness (QED) is 0.889. The van der Waals surface area contributed by atoms with Crippen molar-refractivity contribution < 1.29 is 9.59 Å². The van der Waals surface area contributed by atoms with Gasteiger partial charge in [-0.25, -0.2) is 0 Å². The molecule has 114 valence electrons. The number of aromatic nitrogens is 1. The summed E-state index contributed by atoms with van der Waals surface area (Å²) >= 11 is 3.34. The van der Waals surface area contributed by atoms with Crippen molar-refractivity contribution in [1.29, 1.82) is 0 Å². The molecule has 1 heterocycles. The van der Waals surface area contributed by atoms with Crippen LogP contribution in [0.3, 0.4) is 0 Å². The molecule has 1 aromatic carbocycles. The number of carbonyl (C=O) groups is 2. The van der Waals surface area contributed by atoms with E-state index in [-0.39, 0.29) is 18.4 Å². The van der Waals surface area contributed by atoms with Crippen LogP contribution in [0, 0.1) is 0 Å². The normalized spacial score (nSPS) is 10.1. The topological polar surface area (TPSA) is 62.3 Å². The molecule has 2 rings (SSSR count). The standard InChI is InChI=1S/C16H16BrN3O2/c1-12(21)20(15-7-5-13(17)6-8-15)11-16(22)19-10-14-4-2-3-9-18-14/h2-9H,10-11H2,1H3,(H,19,22). The summed E-state index contributed by atoms with van der Waals surface area (Å²) in [6.07, 6.45) is 1.67. The van der Waals surface area contributed by atoms with Crippen LogP contribution in [0.5, 0.6) is 0 Å². The number of hydrogen-bond donors (Lipinski definition) is 1. The Bertz CT molecular complexity index is 644. The summed E-state index contributed by atoms with van der Waals surface area (Å²) in [7, 11) is 0. The van der Waals surface area contributed by atoms with E-state index < -0.39 is 0 Å². The number of hydrogen-bond acceptors (Lipinski definition) is 3. The van der Waals surface area contributed by atoms with Gasteiger partial charge in [-0.05, 0) is 36.4 Å². The van der Waals surface area contributed by atoms with E-state index in [2.05, 4.69) is 26.2 Å². The average molecular weight is 362 g/mol. The molecule has 6 heteroatoms. The van der Waals surface area contributed by atoms with Crippen LogP contribution in [0.1, 0.15) is 12.6 Å². The van der Waals surface area contributed by atoms with Crippen molar-refractivity contribution in [2.75, 3.05) is 11.4 Å². The number of pyridine rings is 1. The summed E-state index contributed by atoms with van der Waals surface area (Å²) in [5, 5.41) is 2.76. The highest BCUT2D eigenvalue weighted by molar-refractivity contribution is 9.10. The summed E-state index contributed by atoms with van der Waals surface area (Å²) in [5.41, 5.74) is 1.46. The molecule has 5 nitrogen and oxygen atoms in total. The number of halogens is 1. The average Bonchev–Trinajstić information content (AvgIpc) is 2.52. The predicted octanol–water partition coefficient (Wildman–Crippen LogP) is 2.51. The summed E-state index contributed by atoms with van der Waals surface area (Å²) in [6, 6.07) is 12.7. The summed E-state index contributed by atoms with van der Waals surface area (Å²) in [4.78, 5) is 29.4. The molecule has 0 saturated heterocycles. The fourth-order valence-corrected chi connectivity index (χ4v) is 2.16. The minimum Gasteiger partial charge on any atom is -0.349 e. The van der Waals surface area contributed by atoms with Crippen LogP contribution in [0.4, 0.5) is 5.69 Å². The van der Waals surface area contributed by atoms with E-state index in [1.165, 1.54) is 11.8 Å². The van der Waals surface area contributed by atoms with Crippen LogP contribution in [-0.4, -0.2) is 23.3 Å². The van der Waals surface area contributed by atoms with Gasteiger partial charge in [-0.3, -0.25) is 14.6 Å². The van der Waals surface area contributed by atoms with Crippen LogP contribution >= 0.6 is 15.9 Å². The van der Waals surface area contributed by atoms with E-state index in [1.54, 1.807) is 18.3 Å². The number of anilines is 1. The van der Waals surface area contributed by atoms with E-state index in [4.69, 9.17) is 0 Å². The van der Waals surface area contributed by atoms with Gasteiger partial charge in [0.05, 0.1) is 12.2 Å². The molecule has 0 saturated carbocycles. The number of amides is 2. The molecule has 0 radical (unpaired) electrons. The van der Waals surface area contributed by atoms with Gasteiger partial charge in [-0.1, -0.05) is 22.0 Å². The van der Waals surface area contributed by atoms with Gasteiger partial charge in [0.2, 0.25) is 11.8 Å². The van der Waals surface area contributed by atoms with E-state index in [0.717, 1.165) is 10.2 Å². The van der Waals surface area contributed by atoms with Crippen LogP contribution in [0.2, 0.25) is 0 Å². The van der Waals surface area contributed by atoms with Gasteiger partial charge >= 0.3 is 0 Å². The Morgan fingerprint density at radius 3 is 2.50 bits per heavy atom. The van der Waals surface area contributed by atoms with Crippen LogP contribution < -0.4 is 10.2 Å². The minimum absolute atomic E-state index is 0.0240. The van der Waals surface area contributed by atoms with Gasteiger partial charge in [0.1, 0.15) is 6.54 Å². The summed E-state index contributed by atoms with van der Waals surface area (Å²) in [5.74, 6) is -0.418. The van der Waals surface area contributed by atoms with Gasteiger partial charge in [0.25, 0.3) is 0 Å². The third-order valence-electron chi connectivity index (χ3n) is 3.01. The molecule has 0 aliphatic rings. The number of nitrogens with one attached hydrogen (secondary N) is 1. The molecular formula is C16H16BrN3O2. The molecule has 0 atom stereocenters. The number of carbonyl (C=O) groups excluding carboxylic acids is 2. The van der Waals surface area contributed by atoms with Crippen molar-refractivity contribution in [3.63, 3.8) is 0 Å². The minimum atomic E-state index is -0.233. The van der Waals surface area contributed by atoms with Crippen molar-refractivity contribution in [3.05, 3.63) is 58.8 Å². The Labute approximate surface area is 137 Å². The SMILES string of the molecule is CC(=O)N(CC(=O)NCc1ccccn1)c1ccc(Br)cc1. The largest absolute Gasteiger partial charge is 0.349 e. The van der Waals surface area contributed by atoms with Crippen molar-refractivity contribution >= 4 is 33.4 Å². The second-order valence-electron chi connectivity index (χ2n) is 4.68. The Morgan fingerprint density at radius 1 is 1.18 bits per heavy atom. The lowest BCUT2D eigenvalue weighted by atomic mass is 10.2. The van der Waals surface area contributed by atoms with Crippen molar-refractivity contribution in [2.45, 2.75) is 13.5 Å². The fourth-order valence-electron chi connectivity index (χ4n) is 1.90.